The predicted octanol–water partition coefficient (Wildman–Crippen LogP) is 7.45. The van der Waals surface area contributed by atoms with Gasteiger partial charge in [0.05, 0.1) is 5.52 Å². The van der Waals surface area contributed by atoms with E-state index < -0.39 is 5.82 Å². The molecule has 1 aliphatic carbocycles. The molecule has 2 heterocycles. The van der Waals surface area contributed by atoms with Gasteiger partial charge in [0.25, 0.3) is 0 Å². The predicted molar refractivity (Wildman–Crippen MR) is 154 cm³/mol. The second-order valence-corrected chi connectivity index (χ2v) is 9.75. The maximum absolute atomic E-state index is 16.0. The van der Waals surface area contributed by atoms with Gasteiger partial charge in [-0.15, -0.1) is 0 Å². The molecule has 1 saturated carbocycles. The number of nitrogen functional groups attached to an aromatic ring is 1. The first kappa shape index (κ1) is 26.1. The number of nitrogens with two attached hydrogens (primary N) is 1. The summed E-state index contributed by atoms with van der Waals surface area (Å²) in [4.78, 5) is 12.2. The zero-order valence-electron chi connectivity index (χ0n) is 21.9. The smallest absolute Gasteiger partial charge is 0.178 e. The molecule has 7 heteroatoms. The number of nitrogens with one attached hydrogen (secondary N) is 2. The van der Waals surface area contributed by atoms with Gasteiger partial charge in [-0.2, -0.15) is 0 Å². The molecule has 4 aromatic rings. The molecule has 1 aliphatic rings. The van der Waals surface area contributed by atoms with E-state index in [1.165, 1.54) is 18.6 Å². The van der Waals surface area contributed by atoms with E-state index in [9.17, 15) is 4.39 Å². The third kappa shape index (κ3) is 5.39. The quantitative estimate of drug-likeness (QED) is 0.157. The Labute approximate surface area is 226 Å². The summed E-state index contributed by atoms with van der Waals surface area (Å²) in [6.07, 6.45) is 10.7. The van der Waals surface area contributed by atoms with E-state index in [1.54, 1.807) is 36.5 Å². The van der Waals surface area contributed by atoms with Crippen LogP contribution in [0, 0.1) is 17.6 Å². The maximum Gasteiger partial charge on any atom is 0.178 e. The molecular weight excluding hydrogens is 492 g/mol. The highest BCUT2D eigenvalue weighted by molar-refractivity contribution is 5.89. The van der Waals surface area contributed by atoms with Crippen molar-refractivity contribution in [1.29, 1.82) is 0 Å². The Morgan fingerprint density at radius 2 is 1.92 bits per heavy atom. The van der Waals surface area contributed by atoms with Crippen LogP contribution in [0.15, 0.2) is 91.4 Å². The molecule has 39 heavy (non-hydrogen) atoms. The molecule has 0 radical (unpaired) electrons. The van der Waals surface area contributed by atoms with Gasteiger partial charge in [0.1, 0.15) is 17.5 Å². The number of halogens is 2. The van der Waals surface area contributed by atoms with Crippen molar-refractivity contribution >= 4 is 22.4 Å². The van der Waals surface area contributed by atoms with Gasteiger partial charge in [-0.1, -0.05) is 37.8 Å². The molecule has 0 spiro atoms. The summed E-state index contributed by atoms with van der Waals surface area (Å²) >= 11 is 0. The topological polar surface area (TPSA) is 79.6 Å². The van der Waals surface area contributed by atoms with Crippen molar-refractivity contribution in [2.75, 3.05) is 5.73 Å². The number of anilines is 1. The van der Waals surface area contributed by atoms with Crippen LogP contribution in [0.25, 0.3) is 27.9 Å². The van der Waals surface area contributed by atoms with E-state index >= 15 is 4.39 Å². The lowest BCUT2D eigenvalue weighted by atomic mass is 9.83. The van der Waals surface area contributed by atoms with Crippen molar-refractivity contribution in [3.05, 3.63) is 120 Å². The first-order valence-electron chi connectivity index (χ1n) is 13.0. The van der Waals surface area contributed by atoms with Crippen LogP contribution in [0.1, 0.15) is 43.1 Å². The van der Waals surface area contributed by atoms with Crippen LogP contribution in [0.3, 0.4) is 0 Å². The molecule has 0 saturated heterocycles. The van der Waals surface area contributed by atoms with E-state index in [0.29, 0.717) is 45.3 Å². The first-order chi connectivity index (χ1) is 18.9. The number of pyridine rings is 1. The Kier molecular flexibility index (Phi) is 7.41. The van der Waals surface area contributed by atoms with Crippen LogP contribution in [0.5, 0.6) is 0 Å². The number of H-pyrrole nitrogens is 1. The van der Waals surface area contributed by atoms with Crippen molar-refractivity contribution in [2.24, 2.45) is 5.92 Å². The molecule has 2 aromatic carbocycles. The third-order valence-corrected chi connectivity index (χ3v) is 7.28. The maximum atomic E-state index is 16.0. The Morgan fingerprint density at radius 1 is 1.15 bits per heavy atom. The van der Waals surface area contributed by atoms with Crippen LogP contribution in [0.4, 0.5) is 14.5 Å². The Hall–Kier alpha value is -4.52. The molecule has 198 valence electrons. The van der Waals surface area contributed by atoms with Crippen molar-refractivity contribution in [2.45, 2.75) is 32.6 Å². The van der Waals surface area contributed by atoms with E-state index in [2.05, 4.69) is 33.4 Å². The van der Waals surface area contributed by atoms with Crippen LogP contribution in [0.2, 0.25) is 0 Å². The number of aromatic nitrogens is 3. The van der Waals surface area contributed by atoms with Gasteiger partial charge in [-0.3, -0.25) is 0 Å². The number of imidazole rings is 1. The van der Waals surface area contributed by atoms with Gasteiger partial charge in [-0.25, -0.2) is 18.7 Å². The van der Waals surface area contributed by atoms with Crippen LogP contribution >= 0.6 is 0 Å². The first-order valence-corrected chi connectivity index (χ1v) is 13.0. The van der Waals surface area contributed by atoms with Crippen molar-refractivity contribution in [3.63, 3.8) is 0 Å². The van der Waals surface area contributed by atoms with Crippen LogP contribution in [-0.2, 0) is 6.42 Å². The fourth-order valence-corrected chi connectivity index (χ4v) is 4.79. The van der Waals surface area contributed by atoms with E-state index in [1.807, 2.05) is 25.1 Å². The lowest BCUT2D eigenvalue weighted by Crippen LogP contribution is -2.23. The number of fused-ring (bicyclic) bond motifs is 1. The monoisotopic (exact) mass is 523 g/mol. The minimum atomic E-state index is -0.409. The molecule has 4 N–H and O–H groups in total. The molecule has 2 aromatic heterocycles. The molecule has 0 atom stereocenters. The molecular formula is C32H31F2N5. The number of rotatable bonds is 9. The summed E-state index contributed by atoms with van der Waals surface area (Å²) in [7, 11) is 0. The van der Waals surface area contributed by atoms with Crippen molar-refractivity contribution in [1.82, 2.24) is 20.3 Å². The third-order valence-electron chi connectivity index (χ3n) is 7.28. The molecule has 0 bridgehead atoms. The summed E-state index contributed by atoms with van der Waals surface area (Å²) < 4.78 is 29.4. The highest BCUT2D eigenvalue weighted by Crippen LogP contribution is 2.33. The highest BCUT2D eigenvalue weighted by atomic mass is 19.1. The normalized spacial score (nSPS) is 14.3. The van der Waals surface area contributed by atoms with Gasteiger partial charge < -0.3 is 16.0 Å². The fraction of sp³-hybridized carbons (Fsp3) is 0.188. The van der Waals surface area contributed by atoms with Crippen molar-refractivity contribution in [3.8, 4) is 11.1 Å². The summed E-state index contributed by atoms with van der Waals surface area (Å²) in [5, 5.41) is 3.34. The largest absolute Gasteiger partial charge is 0.398 e. The minimum absolute atomic E-state index is 0.149. The summed E-state index contributed by atoms with van der Waals surface area (Å²) in [5.74, 6) is 0.268. The lowest BCUT2D eigenvalue weighted by Gasteiger charge is -2.28. The number of benzene rings is 2. The number of allylic oxidation sites excluding steroid dienone is 5. The Morgan fingerprint density at radius 3 is 2.59 bits per heavy atom. The van der Waals surface area contributed by atoms with Crippen LogP contribution in [-0.4, -0.2) is 15.0 Å². The average Bonchev–Trinajstić information content (AvgIpc) is 3.32. The Bertz CT molecular complexity index is 1610. The number of nitrogens with zero attached hydrogens (tertiary/aromatic N) is 2. The lowest BCUT2D eigenvalue weighted by molar-refractivity contribution is 0.356. The zero-order chi connectivity index (χ0) is 27.5. The summed E-state index contributed by atoms with van der Waals surface area (Å²) in [6.45, 7) is 9.94. The average molecular weight is 524 g/mol. The van der Waals surface area contributed by atoms with E-state index in [0.717, 1.165) is 35.4 Å². The van der Waals surface area contributed by atoms with Gasteiger partial charge in [-0.05, 0) is 79.3 Å². The highest BCUT2D eigenvalue weighted by Gasteiger charge is 2.21. The molecule has 0 aliphatic heterocycles. The summed E-state index contributed by atoms with van der Waals surface area (Å²) in [5.41, 5.74) is 12.6. The van der Waals surface area contributed by atoms with Crippen LogP contribution < -0.4 is 11.1 Å². The second-order valence-electron chi connectivity index (χ2n) is 9.75. The number of hydrogen-bond acceptors (Lipinski definition) is 4. The standard InChI is InChI=1S/C32H31F2N5/c1-4-20(17-24(5-2)37-19(3)21-7-6-8-21)25-13-14-28(35)27(30(25)34)18-29-38-31-26(15-16-36-32(31)39-29)22-9-11-23(33)12-10-22/h4-5,9-17,21,37H,2-3,6-8,18,35H2,1H3,(H,36,38,39)/b20-4+,24-17+. The van der Waals surface area contributed by atoms with Crippen molar-refractivity contribution < 1.29 is 8.78 Å². The Balaban J connectivity index is 1.46. The number of hydrogen-bond donors (Lipinski definition) is 3. The molecule has 0 unspecified atom stereocenters. The van der Waals surface area contributed by atoms with E-state index in [-0.39, 0.29) is 12.2 Å². The SMILES string of the molecule is C=C/C(=C\C(=C/C)c1ccc(N)c(Cc2nc3nccc(-c4ccc(F)cc4)c3[nH]2)c1F)NC(=C)C1CCC1. The van der Waals surface area contributed by atoms with E-state index in [4.69, 9.17) is 5.73 Å². The molecule has 1 fully saturated rings. The second kappa shape index (κ2) is 11.1. The fourth-order valence-electron chi connectivity index (χ4n) is 4.79. The molecule has 5 rings (SSSR count). The molecule has 5 nitrogen and oxygen atoms in total. The van der Waals surface area contributed by atoms with Gasteiger partial charge in [0.2, 0.25) is 0 Å². The summed E-state index contributed by atoms with van der Waals surface area (Å²) in [6, 6.07) is 11.5. The minimum Gasteiger partial charge on any atom is -0.398 e. The number of aromatic amines is 1. The van der Waals surface area contributed by atoms with Gasteiger partial charge >= 0.3 is 0 Å². The molecule has 0 amide bonds. The van der Waals surface area contributed by atoms with Gasteiger partial charge in [0, 0.05) is 46.4 Å². The zero-order valence-corrected chi connectivity index (χ0v) is 21.9. The van der Waals surface area contributed by atoms with Gasteiger partial charge in [0.15, 0.2) is 5.65 Å².